The Morgan fingerprint density at radius 3 is 2.26 bits per heavy atom. The lowest BCUT2D eigenvalue weighted by molar-refractivity contribution is -0.117. The van der Waals surface area contributed by atoms with Crippen LogP contribution in [0.3, 0.4) is 0 Å². The van der Waals surface area contributed by atoms with Gasteiger partial charge >= 0.3 is 0 Å². The number of hydrogen-bond donors (Lipinski definition) is 1. The lowest BCUT2D eigenvalue weighted by atomic mass is 9.92. The normalized spacial score (nSPS) is 12.4. The zero-order chi connectivity index (χ0) is 14.7. The molecule has 1 rings (SSSR count). The van der Waals surface area contributed by atoms with Gasteiger partial charge in [-0.3, -0.25) is 4.79 Å². The van der Waals surface area contributed by atoms with Gasteiger partial charge in [-0.15, -0.1) is 0 Å². The van der Waals surface area contributed by atoms with Crippen molar-refractivity contribution in [2.45, 2.75) is 40.2 Å². The van der Waals surface area contributed by atoms with E-state index < -0.39 is 0 Å². The van der Waals surface area contributed by atoms with Gasteiger partial charge in [0.25, 0.3) is 0 Å². The van der Waals surface area contributed by atoms with Crippen molar-refractivity contribution in [2.24, 2.45) is 0 Å². The smallest absolute Gasteiger partial charge is 0.131 e. The number of nitrogens with one attached hydrogen (secondary N) is 1. The molecule has 0 aromatic heterocycles. The highest BCUT2D eigenvalue weighted by molar-refractivity contribution is 9.10. The van der Waals surface area contributed by atoms with Crippen LogP contribution in [0.2, 0.25) is 0 Å². The first-order chi connectivity index (χ1) is 8.84. The van der Waals surface area contributed by atoms with Crippen LogP contribution in [-0.2, 0) is 4.79 Å². The molecular weight excluding hydrogens is 306 g/mol. The number of benzene rings is 1. The quantitative estimate of drug-likeness (QED) is 0.897. The molecule has 106 valence electrons. The zero-order valence-corrected chi connectivity index (χ0v) is 14.1. The van der Waals surface area contributed by atoms with E-state index in [0.717, 1.165) is 26.9 Å². The maximum Gasteiger partial charge on any atom is 0.131 e. The van der Waals surface area contributed by atoms with Crippen LogP contribution >= 0.6 is 15.9 Å². The summed E-state index contributed by atoms with van der Waals surface area (Å²) in [5, 5.41) is 3.22. The van der Waals surface area contributed by atoms with E-state index in [-0.39, 0.29) is 11.8 Å². The van der Waals surface area contributed by atoms with Gasteiger partial charge in [0, 0.05) is 22.5 Å². The van der Waals surface area contributed by atoms with E-state index in [1.165, 1.54) is 5.56 Å². The molecule has 1 atom stereocenters. The lowest BCUT2D eigenvalue weighted by Crippen LogP contribution is -2.21. The van der Waals surface area contributed by atoms with Gasteiger partial charge in [0.05, 0.1) is 7.11 Å². The van der Waals surface area contributed by atoms with Crippen molar-refractivity contribution in [1.82, 2.24) is 5.32 Å². The van der Waals surface area contributed by atoms with Crippen molar-refractivity contribution in [3.63, 3.8) is 0 Å². The van der Waals surface area contributed by atoms with Gasteiger partial charge < -0.3 is 10.1 Å². The van der Waals surface area contributed by atoms with Crippen LogP contribution in [0.15, 0.2) is 4.47 Å². The third-order valence-corrected chi connectivity index (χ3v) is 4.79. The first kappa shape index (κ1) is 16.2. The van der Waals surface area contributed by atoms with E-state index in [1.54, 1.807) is 14.0 Å². The van der Waals surface area contributed by atoms with Crippen LogP contribution in [0.5, 0.6) is 5.75 Å². The molecule has 0 amide bonds. The summed E-state index contributed by atoms with van der Waals surface area (Å²) >= 11 is 3.64. The van der Waals surface area contributed by atoms with E-state index >= 15 is 0 Å². The standard InChI is InChI=1S/C15H22BrNO2/c1-8(18)7-12(17-5)13-11(4)14(16)9(2)10(3)15(13)19-6/h12,17H,7H2,1-6H3. The first-order valence-electron chi connectivity index (χ1n) is 6.34. The molecule has 0 aliphatic carbocycles. The Balaban J connectivity index is 3.51. The minimum absolute atomic E-state index is 0.0250. The second-order valence-corrected chi connectivity index (χ2v) is 5.68. The monoisotopic (exact) mass is 327 g/mol. The molecule has 0 fully saturated rings. The van der Waals surface area contributed by atoms with Crippen LogP contribution in [0, 0.1) is 20.8 Å². The summed E-state index contributed by atoms with van der Waals surface area (Å²) in [7, 11) is 3.55. The van der Waals surface area contributed by atoms with Gasteiger partial charge in [0.15, 0.2) is 0 Å². The van der Waals surface area contributed by atoms with Crippen molar-refractivity contribution in [3.05, 3.63) is 26.7 Å². The number of ketones is 1. The molecule has 0 bridgehead atoms. The summed E-state index contributed by atoms with van der Waals surface area (Å²) in [6.45, 7) is 7.78. The third-order valence-electron chi connectivity index (χ3n) is 3.60. The predicted molar refractivity (Wildman–Crippen MR) is 82.0 cm³/mol. The minimum Gasteiger partial charge on any atom is -0.496 e. The highest BCUT2D eigenvalue weighted by Gasteiger charge is 2.23. The van der Waals surface area contributed by atoms with Gasteiger partial charge in [0.2, 0.25) is 0 Å². The largest absolute Gasteiger partial charge is 0.496 e. The van der Waals surface area contributed by atoms with Crippen molar-refractivity contribution < 1.29 is 9.53 Å². The van der Waals surface area contributed by atoms with Crippen molar-refractivity contribution in [1.29, 1.82) is 0 Å². The molecule has 1 N–H and O–H groups in total. The maximum atomic E-state index is 11.4. The fourth-order valence-electron chi connectivity index (χ4n) is 2.43. The molecule has 0 aliphatic heterocycles. The molecule has 19 heavy (non-hydrogen) atoms. The van der Waals surface area contributed by atoms with Gasteiger partial charge in [-0.05, 0) is 51.4 Å². The molecule has 1 aromatic rings. The van der Waals surface area contributed by atoms with E-state index in [1.807, 2.05) is 14.0 Å². The third kappa shape index (κ3) is 3.18. The number of carbonyl (C=O) groups is 1. The Kier molecular flexibility index (Phi) is 5.56. The second kappa shape index (κ2) is 6.53. The Morgan fingerprint density at radius 1 is 1.26 bits per heavy atom. The highest BCUT2D eigenvalue weighted by atomic mass is 79.9. The summed E-state index contributed by atoms with van der Waals surface area (Å²) in [4.78, 5) is 11.4. The van der Waals surface area contributed by atoms with Gasteiger partial charge in [-0.25, -0.2) is 0 Å². The molecule has 4 heteroatoms. The average Bonchev–Trinajstić information content (AvgIpc) is 2.37. The number of carbonyl (C=O) groups excluding carboxylic acids is 1. The maximum absolute atomic E-state index is 11.4. The molecule has 1 unspecified atom stereocenters. The predicted octanol–water partition coefficient (Wildman–Crippen LogP) is 3.62. The summed E-state index contributed by atoms with van der Waals surface area (Å²) < 4.78 is 6.67. The van der Waals surface area contributed by atoms with Crippen LogP contribution in [0.1, 0.15) is 41.6 Å². The van der Waals surface area contributed by atoms with Gasteiger partial charge in [0.1, 0.15) is 11.5 Å². The fraction of sp³-hybridized carbons (Fsp3) is 0.533. The number of ether oxygens (including phenoxy) is 1. The number of halogens is 1. The molecule has 0 heterocycles. The molecular formula is C15H22BrNO2. The fourth-order valence-corrected chi connectivity index (χ4v) is 2.94. The zero-order valence-electron chi connectivity index (χ0n) is 12.5. The molecule has 0 spiro atoms. The van der Waals surface area contributed by atoms with Gasteiger partial charge in [-0.2, -0.15) is 0 Å². The van der Waals surface area contributed by atoms with Crippen LogP contribution in [-0.4, -0.2) is 19.9 Å². The Labute approximate surface area is 123 Å². The Morgan fingerprint density at radius 2 is 1.84 bits per heavy atom. The van der Waals surface area contributed by atoms with E-state index in [2.05, 4.69) is 35.1 Å². The van der Waals surface area contributed by atoms with Gasteiger partial charge in [-0.1, -0.05) is 15.9 Å². The summed E-state index contributed by atoms with van der Waals surface area (Å²) in [5.74, 6) is 1.04. The topological polar surface area (TPSA) is 38.3 Å². The molecule has 1 aromatic carbocycles. The van der Waals surface area contributed by atoms with Crippen molar-refractivity contribution in [3.8, 4) is 5.75 Å². The lowest BCUT2D eigenvalue weighted by Gasteiger charge is -2.24. The molecule has 0 radical (unpaired) electrons. The highest BCUT2D eigenvalue weighted by Crippen LogP contribution is 2.40. The summed E-state index contributed by atoms with van der Waals surface area (Å²) in [6, 6.07) is -0.0250. The van der Waals surface area contributed by atoms with Crippen LogP contribution in [0.4, 0.5) is 0 Å². The van der Waals surface area contributed by atoms with Crippen LogP contribution in [0.25, 0.3) is 0 Å². The Bertz CT molecular complexity index is 498. The first-order valence-corrected chi connectivity index (χ1v) is 7.14. The summed E-state index contributed by atoms with van der Waals surface area (Å²) in [5.41, 5.74) is 4.48. The van der Waals surface area contributed by atoms with E-state index in [0.29, 0.717) is 6.42 Å². The van der Waals surface area contributed by atoms with Crippen molar-refractivity contribution >= 4 is 21.7 Å². The van der Waals surface area contributed by atoms with E-state index in [4.69, 9.17) is 4.74 Å². The molecule has 0 aliphatic rings. The average molecular weight is 328 g/mol. The van der Waals surface area contributed by atoms with E-state index in [9.17, 15) is 4.79 Å². The second-order valence-electron chi connectivity index (χ2n) is 4.88. The van der Waals surface area contributed by atoms with Crippen molar-refractivity contribution in [2.75, 3.05) is 14.2 Å². The summed E-state index contributed by atoms with van der Waals surface area (Å²) in [6.07, 6.45) is 0.461. The molecule has 3 nitrogen and oxygen atoms in total. The number of Topliss-reactive ketones (excluding diaryl/α,β-unsaturated/α-hetero) is 1. The number of hydrogen-bond acceptors (Lipinski definition) is 3. The van der Waals surface area contributed by atoms with Crippen LogP contribution < -0.4 is 10.1 Å². The SMILES string of the molecule is CNC(CC(C)=O)c1c(C)c(Br)c(C)c(C)c1OC. The number of methoxy groups -OCH3 is 1. The number of rotatable bonds is 5. The minimum atomic E-state index is -0.0250. The molecule has 0 saturated carbocycles. The molecule has 0 saturated heterocycles. The Hall–Kier alpha value is -0.870.